The van der Waals surface area contributed by atoms with Crippen molar-refractivity contribution in [2.45, 2.75) is 57.4 Å². The van der Waals surface area contributed by atoms with Crippen molar-refractivity contribution in [3.63, 3.8) is 0 Å². The second-order valence-corrected chi connectivity index (χ2v) is 8.94. The van der Waals surface area contributed by atoms with Gasteiger partial charge in [0, 0.05) is 46.2 Å². The molecule has 9 heteroatoms. The number of aromatic nitrogens is 2. The van der Waals surface area contributed by atoms with E-state index in [2.05, 4.69) is 27.7 Å². The molecule has 1 atom stereocenters. The minimum Gasteiger partial charge on any atom is -0.372 e. The Bertz CT molecular complexity index is 973. The molecule has 2 aliphatic rings. The molecule has 1 unspecified atom stereocenters. The fraction of sp³-hybridized carbons (Fsp3) is 0.625. The Morgan fingerprint density at radius 3 is 2.52 bits per heavy atom. The van der Waals surface area contributed by atoms with Crippen LogP contribution in [0.3, 0.4) is 0 Å². The Hall–Kier alpha value is -2.49. The van der Waals surface area contributed by atoms with Gasteiger partial charge in [-0.05, 0) is 57.0 Å². The van der Waals surface area contributed by atoms with E-state index in [1.165, 1.54) is 5.56 Å². The van der Waals surface area contributed by atoms with Crippen LogP contribution in [0, 0.1) is 0 Å². The van der Waals surface area contributed by atoms with Gasteiger partial charge in [-0.3, -0.25) is 18.8 Å². The van der Waals surface area contributed by atoms with Crippen molar-refractivity contribution in [3.05, 3.63) is 34.2 Å². The monoisotopic (exact) mass is 459 g/mol. The van der Waals surface area contributed by atoms with Crippen molar-refractivity contribution >= 4 is 23.7 Å². The van der Waals surface area contributed by atoms with Gasteiger partial charge in [-0.2, -0.15) is 0 Å². The molecular weight excluding hydrogens is 422 g/mol. The molecule has 1 aromatic heterocycles. The molecule has 182 valence electrons. The number of hydrogen-bond donors (Lipinski definition) is 2. The van der Waals surface area contributed by atoms with Crippen molar-refractivity contribution in [3.8, 4) is 0 Å². The van der Waals surface area contributed by atoms with E-state index in [1.807, 2.05) is 24.6 Å². The Morgan fingerprint density at radius 2 is 1.88 bits per heavy atom. The van der Waals surface area contributed by atoms with Crippen LogP contribution < -0.4 is 16.3 Å². The Kier molecular flexibility index (Phi) is 9.22. The van der Waals surface area contributed by atoms with Crippen LogP contribution in [0.2, 0.25) is 0 Å². The molecule has 1 aromatic carbocycles. The normalized spacial score (nSPS) is 18.3. The number of benzene rings is 1. The number of amides is 1. The van der Waals surface area contributed by atoms with E-state index in [9.17, 15) is 9.59 Å². The highest BCUT2D eigenvalue weighted by atomic mass is 16.5. The molecule has 2 fully saturated rings. The average Bonchev–Trinajstić information content (AvgIpc) is 3.06. The first-order chi connectivity index (χ1) is 16.0. The van der Waals surface area contributed by atoms with Crippen molar-refractivity contribution in [2.24, 2.45) is 7.05 Å². The number of ether oxygens (including phenoxy) is 1. The second kappa shape index (κ2) is 12.1. The number of rotatable bonds is 9. The number of likely N-dealkylation sites (tertiary alicyclic amines) is 1. The van der Waals surface area contributed by atoms with Crippen molar-refractivity contribution in [1.29, 1.82) is 0 Å². The Balaban J connectivity index is 0.000000709. The van der Waals surface area contributed by atoms with E-state index in [0.717, 1.165) is 62.9 Å². The molecule has 0 spiro atoms. The second-order valence-electron chi connectivity index (χ2n) is 8.94. The summed E-state index contributed by atoms with van der Waals surface area (Å²) in [5.41, 5.74) is 3.09. The summed E-state index contributed by atoms with van der Waals surface area (Å²) in [5.74, 6) is 0. The fourth-order valence-electron chi connectivity index (χ4n) is 4.57. The highest BCUT2D eigenvalue weighted by Crippen LogP contribution is 2.24. The first kappa shape index (κ1) is 25.1. The van der Waals surface area contributed by atoms with Crippen molar-refractivity contribution in [2.75, 3.05) is 33.2 Å². The SMILES string of the molecule is CC(CCC=O)n1c(=O)n(C)c2cc(CN3CC(OC4CCNCC4)C3)ccc21.CNC=O. The molecule has 3 heterocycles. The zero-order valence-electron chi connectivity index (χ0n) is 20.0. The summed E-state index contributed by atoms with van der Waals surface area (Å²) in [6, 6.07) is 6.30. The quantitative estimate of drug-likeness (QED) is 0.547. The highest BCUT2D eigenvalue weighted by Gasteiger charge is 2.30. The number of hydrogen-bond acceptors (Lipinski definition) is 6. The number of fused-ring (bicyclic) bond motifs is 1. The standard InChI is InChI=1S/C22H32N4O3.C2H5NO/c1-16(4-3-11-27)26-20-6-5-17(12-21(20)24(2)22(26)28)13-25-14-19(15-25)29-18-7-9-23-10-8-18;1-3-2-4/h5-6,11-12,16,18-19,23H,3-4,7-10,13-15H2,1-2H3;2H,1H3,(H,3,4). The molecule has 33 heavy (non-hydrogen) atoms. The highest BCUT2D eigenvalue weighted by molar-refractivity contribution is 5.77. The molecule has 0 radical (unpaired) electrons. The molecular formula is C24H37N5O4. The minimum absolute atomic E-state index is 0.00512. The minimum atomic E-state index is -0.0186. The molecule has 9 nitrogen and oxygen atoms in total. The summed E-state index contributed by atoms with van der Waals surface area (Å²) in [6.07, 6.45) is 5.68. The zero-order chi connectivity index (χ0) is 23.8. The van der Waals surface area contributed by atoms with E-state index in [-0.39, 0.29) is 11.7 Å². The van der Waals surface area contributed by atoms with Crippen LogP contribution in [0.25, 0.3) is 11.0 Å². The summed E-state index contributed by atoms with van der Waals surface area (Å²) < 4.78 is 9.74. The number of aryl methyl sites for hydroxylation is 1. The smallest absolute Gasteiger partial charge is 0.329 e. The third kappa shape index (κ3) is 6.31. The number of nitrogens with one attached hydrogen (secondary N) is 2. The van der Waals surface area contributed by atoms with Crippen LogP contribution in [0.4, 0.5) is 0 Å². The topological polar surface area (TPSA) is 97.6 Å². The average molecular weight is 460 g/mol. The lowest BCUT2D eigenvalue weighted by atomic mass is 10.1. The zero-order valence-corrected chi connectivity index (χ0v) is 20.0. The van der Waals surface area contributed by atoms with Crippen LogP contribution >= 0.6 is 0 Å². The maximum absolute atomic E-state index is 12.7. The first-order valence-corrected chi connectivity index (χ1v) is 11.8. The molecule has 1 amide bonds. The molecule has 4 rings (SSSR count). The summed E-state index contributed by atoms with van der Waals surface area (Å²) in [4.78, 5) is 34.9. The molecule has 2 saturated heterocycles. The third-order valence-corrected chi connectivity index (χ3v) is 6.42. The van der Waals surface area contributed by atoms with Gasteiger partial charge in [-0.25, -0.2) is 4.79 Å². The van der Waals surface area contributed by atoms with E-state index in [1.54, 1.807) is 11.6 Å². The van der Waals surface area contributed by atoms with Gasteiger partial charge >= 0.3 is 5.69 Å². The summed E-state index contributed by atoms with van der Waals surface area (Å²) in [6.45, 7) is 6.96. The van der Waals surface area contributed by atoms with Crippen LogP contribution in [0.1, 0.15) is 44.2 Å². The van der Waals surface area contributed by atoms with Crippen molar-refractivity contribution in [1.82, 2.24) is 24.7 Å². The number of imidazole rings is 1. The van der Waals surface area contributed by atoms with Gasteiger partial charge in [0.05, 0.1) is 23.2 Å². The fourth-order valence-corrected chi connectivity index (χ4v) is 4.57. The summed E-state index contributed by atoms with van der Waals surface area (Å²) in [7, 11) is 3.39. The van der Waals surface area contributed by atoms with Crippen LogP contribution in [-0.4, -0.2) is 72.2 Å². The lowest BCUT2D eigenvalue weighted by molar-refractivity contribution is -0.109. The number of piperidine rings is 1. The maximum atomic E-state index is 12.7. The van der Waals surface area contributed by atoms with Crippen LogP contribution in [-0.2, 0) is 27.9 Å². The van der Waals surface area contributed by atoms with Gasteiger partial charge < -0.3 is 20.2 Å². The molecule has 2 aliphatic heterocycles. The van der Waals surface area contributed by atoms with Crippen LogP contribution in [0.5, 0.6) is 0 Å². The molecule has 0 bridgehead atoms. The first-order valence-electron chi connectivity index (χ1n) is 11.8. The molecule has 0 saturated carbocycles. The number of nitrogens with zero attached hydrogens (tertiary/aromatic N) is 3. The number of aldehydes is 1. The summed E-state index contributed by atoms with van der Waals surface area (Å²) in [5, 5.41) is 5.63. The van der Waals surface area contributed by atoms with E-state index < -0.39 is 0 Å². The third-order valence-electron chi connectivity index (χ3n) is 6.42. The molecule has 2 aromatic rings. The predicted octanol–water partition coefficient (Wildman–Crippen LogP) is 1.20. The Morgan fingerprint density at radius 1 is 1.18 bits per heavy atom. The van der Waals surface area contributed by atoms with E-state index in [0.29, 0.717) is 31.5 Å². The predicted molar refractivity (Wildman–Crippen MR) is 128 cm³/mol. The Labute approximate surface area is 195 Å². The van der Waals surface area contributed by atoms with Gasteiger partial charge in [0.1, 0.15) is 6.29 Å². The van der Waals surface area contributed by atoms with Gasteiger partial charge in [-0.15, -0.1) is 0 Å². The molecule has 2 N–H and O–H groups in total. The largest absolute Gasteiger partial charge is 0.372 e. The van der Waals surface area contributed by atoms with Gasteiger partial charge in [0.25, 0.3) is 0 Å². The van der Waals surface area contributed by atoms with Crippen molar-refractivity contribution < 1.29 is 14.3 Å². The van der Waals surface area contributed by atoms with Crippen LogP contribution in [0.15, 0.2) is 23.0 Å². The molecule has 0 aliphatic carbocycles. The lowest BCUT2D eigenvalue weighted by Gasteiger charge is -2.41. The maximum Gasteiger partial charge on any atom is 0.329 e. The van der Waals surface area contributed by atoms with E-state index >= 15 is 0 Å². The van der Waals surface area contributed by atoms with E-state index in [4.69, 9.17) is 9.53 Å². The lowest BCUT2D eigenvalue weighted by Crippen LogP contribution is -2.53. The van der Waals surface area contributed by atoms with Gasteiger partial charge in [-0.1, -0.05) is 6.07 Å². The number of carbonyl (C=O) groups excluding carboxylic acids is 2. The van der Waals surface area contributed by atoms with Gasteiger partial charge in [0.15, 0.2) is 0 Å². The summed E-state index contributed by atoms with van der Waals surface area (Å²) >= 11 is 0. The number of carbonyl (C=O) groups is 2. The van der Waals surface area contributed by atoms with Gasteiger partial charge in [0.2, 0.25) is 6.41 Å².